The normalized spacial score (nSPS) is 16.2. The first-order chi connectivity index (χ1) is 62.3. The fraction of sp³-hybridized carbons (Fsp3) is 0.587. The maximum absolute atomic E-state index is 14.8. The van der Waals surface area contributed by atoms with Crippen LogP contribution in [0.3, 0.4) is 0 Å². The molecule has 1 fully saturated rings. The number of carboxylic acids is 3. The summed E-state index contributed by atoms with van der Waals surface area (Å²) in [5, 5.41) is 110. The first kappa shape index (κ1) is 113. The van der Waals surface area contributed by atoms with Crippen LogP contribution in [-0.2, 0) is 110 Å². The number of rotatable bonds is 67. The number of Topliss-reactive ketones (excluding diaryl/α,β-unsaturated/α-hetero) is 8. The van der Waals surface area contributed by atoms with Gasteiger partial charge in [-0.1, -0.05) is 107 Å². The molecule has 0 bridgehead atoms. The average Bonchev–Trinajstić information content (AvgIpc) is 1.30. The zero-order valence-corrected chi connectivity index (χ0v) is 77.4. The molecule has 728 valence electrons. The molecule has 0 aliphatic carbocycles. The van der Waals surface area contributed by atoms with E-state index in [0.717, 1.165) is 42.3 Å². The van der Waals surface area contributed by atoms with Crippen molar-refractivity contribution in [3.05, 3.63) is 95.6 Å². The van der Waals surface area contributed by atoms with E-state index in [9.17, 15) is 142 Å². The highest BCUT2D eigenvalue weighted by molar-refractivity contribution is 8.15. The molecule has 0 saturated carbocycles. The first-order valence-corrected chi connectivity index (χ1v) is 46.2. The molecule has 132 heavy (non-hydrogen) atoms. The second-order valence-corrected chi connectivity index (χ2v) is 36.5. The van der Waals surface area contributed by atoms with Crippen molar-refractivity contribution in [3.63, 3.8) is 0 Å². The minimum absolute atomic E-state index is 0.00480. The van der Waals surface area contributed by atoms with E-state index < -0.39 is 296 Å². The van der Waals surface area contributed by atoms with Crippen LogP contribution in [0.25, 0.3) is 0 Å². The maximum atomic E-state index is 14.8. The number of aliphatic hydroxyl groups is 4. The van der Waals surface area contributed by atoms with Gasteiger partial charge in [0.05, 0.1) is 115 Å². The molecule has 40 heteroatoms. The van der Waals surface area contributed by atoms with Gasteiger partial charge in [-0.3, -0.25) is 101 Å². The number of phenolic OH excluding ortho intramolecular Hbond substituents is 2. The first-order valence-electron chi connectivity index (χ1n) is 44.2. The van der Waals surface area contributed by atoms with Crippen LogP contribution in [0, 0.1) is 53.3 Å². The van der Waals surface area contributed by atoms with Gasteiger partial charge in [-0.25, -0.2) is 0 Å². The lowest BCUT2D eigenvalue weighted by atomic mass is 9.85. The van der Waals surface area contributed by atoms with Gasteiger partial charge in [0.2, 0.25) is 47.3 Å². The molecule has 0 spiro atoms. The number of aromatic hydroxyl groups is 2. The number of nitrogens with two attached hydrogens (primary N) is 1. The van der Waals surface area contributed by atoms with Crippen molar-refractivity contribution < 1.29 is 142 Å². The zero-order chi connectivity index (χ0) is 98.8. The maximum Gasteiger partial charge on any atom is 0.304 e. The highest BCUT2D eigenvalue weighted by atomic mass is 32.2. The molecule has 9 amide bonds. The van der Waals surface area contributed by atoms with Crippen LogP contribution in [0.4, 0.5) is 4.79 Å². The number of phenols is 2. The Kier molecular flexibility index (Phi) is 49.8. The lowest BCUT2D eigenvalue weighted by Crippen LogP contribution is -2.52. The number of thioether (sulfide) groups is 2. The van der Waals surface area contributed by atoms with Gasteiger partial charge in [-0.15, -0.1) is 11.8 Å². The van der Waals surface area contributed by atoms with Crippen LogP contribution in [-0.4, -0.2) is 266 Å². The Morgan fingerprint density at radius 2 is 0.924 bits per heavy atom. The van der Waals surface area contributed by atoms with Crippen molar-refractivity contribution in [2.45, 2.75) is 244 Å². The highest BCUT2D eigenvalue weighted by Gasteiger charge is 2.42. The molecule has 1 unspecified atom stereocenters. The predicted molar refractivity (Wildman–Crippen MR) is 482 cm³/mol. The number of imide groups is 1. The van der Waals surface area contributed by atoms with E-state index in [-0.39, 0.29) is 97.7 Å². The van der Waals surface area contributed by atoms with Crippen LogP contribution in [0.5, 0.6) is 11.5 Å². The summed E-state index contributed by atoms with van der Waals surface area (Å²) in [6.07, 6.45) is -10.1. The van der Waals surface area contributed by atoms with Crippen molar-refractivity contribution in [2.24, 2.45) is 59.0 Å². The van der Waals surface area contributed by atoms with Crippen molar-refractivity contribution in [1.82, 2.24) is 42.1 Å². The Labute approximate surface area is 774 Å². The molecule has 18 N–H and O–H groups in total. The molecule has 1 aliphatic heterocycles. The van der Waals surface area contributed by atoms with Crippen LogP contribution >= 0.6 is 23.5 Å². The Balaban J connectivity index is 1.52. The smallest absolute Gasteiger partial charge is 0.304 e. The number of carboxylic acid groups (broad SMARTS) is 3. The van der Waals surface area contributed by atoms with Gasteiger partial charge in [0, 0.05) is 82.2 Å². The van der Waals surface area contributed by atoms with Gasteiger partial charge in [0.15, 0.2) is 34.7 Å². The number of nitrogens with one attached hydrogen (secondary N) is 7. The average molecular weight is 1890 g/mol. The van der Waals surface area contributed by atoms with E-state index in [1.54, 1.807) is 71.9 Å². The third-order valence-corrected chi connectivity index (χ3v) is 24.7. The predicted octanol–water partition coefficient (Wildman–Crippen LogP) is 3.15. The van der Waals surface area contributed by atoms with E-state index in [1.807, 2.05) is 0 Å². The topological polar surface area (TPSA) is 637 Å². The third-order valence-electron chi connectivity index (χ3n) is 22.7. The summed E-state index contributed by atoms with van der Waals surface area (Å²) >= 11 is 1.81. The number of nitrogens with zero attached hydrogens (tertiary/aromatic N) is 1. The summed E-state index contributed by atoms with van der Waals surface area (Å²) in [4.78, 5) is 273. The minimum atomic E-state index is -2.00. The third kappa shape index (κ3) is 40.6. The van der Waals surface area contributed by atoms with Crippen LogP contribution in [0.1, 0.15) is 188 Å². The summed E-state index contributed by atoms with van der Waals surface area (Å²) in [6, 6.07) is 10.4. The molecular weight excluding hydrogens is 1760 g/mol. The fourth-order valence-corrected chi connectivity index (χ4v) is 16.4. The summed E-state index contributed by atoms with van der Waals surface area (Å²) < 4.78 is 0. The summed E-state index contributed by atoms with van der Waals surface area (Å²) in [7, 11) is 0. The SMILES string of the molecule is CC[C@H](C)[C@H](NC(=O)[C@H](CO)CC(=O)[C@H](Cc1ccc(O)cc1)NC(=O)[C@H](CC(=O)O)CC(=O)[C@H](CO)NC(=O)[C@@H](CC(=O)[C@H](Cc1ccccc1)NC(=O)[C@@H](CC(=O)CNC(=O)[C@H](CCC(=O)O)CC(=O)CSCC(=O)CCCN1C(=O)SC(C)C1=O)[C@@H](C)O)[C@@H](C)O)C(=O)C[C@@H](Cc1ccc(O)cc1)C(=O)N[C@@H](CC(C)C)C(=O)C[C@@H](CC(=O)O)C(=O)N[C@H](C)CCCCN. The number of carbonyl (C=O) groups excluding carboxylic acids is 17. The van der Waals surface area contributed by atoms with Gasteiger partial charge < -0.3 is 88.9 Å². The number of ketones is 8. The molecule has 3 aromatic carbocycles. The van der Waals surface area contributed by atoms with Crippen LogP contribution in [0.15, 0.2) is 78.9 Å². The van der Waals surface area contributed by atoms with E-state index in [4.69, 9.17) is 5.73 Å². The van der Waals surface area contributed by atoms with Crippen molar-refractivity contribution in [2.75, 3.05) is 44.4 Å². The number of aliphatic hydroxyl groups excluding tert-OH is 4. The second kappa shape index (κ2) is 58.1. The summed E-state index contributed by atoms with van der Waals surface area (Å²) in [6.45, 7) is 9.75. The number of hydrogen-bond acceptors (Lipinski definition) is 29. The van der Waals surface area contributed by atoms with Crippen LogP contribution < -0.4 is 43.0 Å². The lowest BCUT2D eigenvalue weighted by Gasteiger charge is -2.28. The quantitative estimate of drug-likeness (QED) is 0.0361. The molecule has 1 heterocycles. The number of benzene rings is 3. The zero-order valence-electron chi connectivity index (χ0n) is 75.7. The van der Waals surface area contributed by atoms with Gasteiger partial charge in [-0.05, 0) is 138 Å². The number of aliphatic carboxylic acids is 3. The number of hydrogen-bond donors (Lipinski definition) is 17. The van der Waals surface area contributed by atoms with Crippen molar-refractivity contribution >= 4 is 140 Å². The van der Waals surface area contributed by atoms with Gasteiger partial charge in [0.1, 0.15) is 29.1 Å². The van der Waals surface area contributed by atoms with E-state index in [2.05, 4.69) is 37.2 Å². The minimum Gasteiger partial charge on any atom is -0.508 e. The van der Waals surface area contributed by atoms with Crippen LogP contribution in [0.2, 0.25) is 0 Å². The molecule has 1 saturated heterocycles. The standard InChI is InChI=1S/C92H129N9O29S2/c1-9-51(4)83(79(115)39-60(33-57-20-25-64(106)26-21-57)86(124)96-71(32-50(2)3)75(111)37-61(41-81(118)119)85(123)95-52(5)16-13-14-30-93)100-88(126)63(46-102)40-76(112)72(35-58-22-27-65(107)28-23-58)97-87(125)62(42-82(120)121)38-77(113)74(47-103)99-90(128)70(54(7)105)44-78(114)73(34-56-17-11-10-12-18-56)98-89(127)69(53(6)104)43-67(109)45-94-84(122)59(24-29-80(116)117)36-68(110)49-131-48-66(108)19-15-31-101-91(129)55(8)132-92(101)130/h10-12,17-18,20-23,25-28,50-55,59-63,69-74,83,102-107H,9,13-16,19,24,29-49,93H2,1-8H3,(H,94,122)(H,95,123)(H,96,124)(H,97,125)(H,98,127)(H,99,128)(H,100,126)(H,116,117)(H,118,119)(H,120,121)/t51-,52+,53+,54+,55?,59+,60+,61-,62-,63-,69-,70-,71-,72-,73-,74-,83-/m0/s1. The lowest BCUT2D eigenvalue weighted by molar-refractivity contribution is -0.143. The molecular formula is C92H129N9O29S2. The Bertz CT molecular complexity index is 4460. The highest BCUT2D eigenvalue weighted by Crippen LogP contribution is 2.29. The van der Waals surface area contributed by atoms with E-state index in [0.29, 0.717) is 36.9 Å². The Morgan fingerprint density at radius 3 is 1.43 bits per heavy atom. The molecule has 38 nitrogen and oxygen atoms in total. The van der Waals surface area contributed by atoms with Gasteiger partial charge in [0.25, 0.3) is 5.24 Å². The second-order valence-electron chi connectivity index (χ2n) is 34.2. The molecule has 3 aromatic rings. The van der Waals surface area contributed by atoms with Gasteiger partial charge in [-0.2, -0.15) is 0 Å². The van der Waals surface area contributed by atoms with E-state index >= 15 is 0 Å². The fourth-order valence-electron chi connectivity index (χ4n) is 14.8. The Morgan fingerprint density at radius 1 is 0.455 bits per heavy atom. The molecule has 0 aromatic heterocycles. The summed E-state index contributed by atoms with van der Waals surface area (Å²) in [5.74, 6) is -30.6. The van der Waals surface area contributed by atoms with Crippen molar-refractivity contribution in [1.29, 1.82) is 0 Å². The number of unbranched alkanes of at least 4 members (excludes halogenated alkanes) is 1. The molecule has 4 rings (SSSR count). The monoisotopic (exact) mass is 1890 g/mol. The molecule has 17 atom stereocenters. The Hall–Kier alpha value is -11.0. The molecule has 1 aliphatic rings. The number of amides is 9. The van der Waals surface area contributed by atoms with Gasteiger partial charge >= 0.3 is 17.9 Å². The molecule has 0 radical (unpaired) electrons. The number of carbonyl (C=O) groups is 20. The van der Waals surface area contributed by atoms with Crippen molar-refractivity contribution in [3.8, 4) is 11.5 Å². The summed E-state index contributed by atoms with van der Waals surface area (Å²) in [5.41, 5.74) is 6.76. The largest absolute Gasteiger partial charge is 0.508 e. The van der Waals surface area contributed by atoms with E-state index in [1.165, 1.54) is 48.5 Å².